The van der Waals surface area contributed by atoms with Crippen LogP contribution in [-0.4, -0.2) is 33.1 Å². The van der Waals surface area contributed by atoms with Crippen LogP contribution in [0.15, 0.2) is 30.6 Å². The van der Waals surface area contributed by atoms with Gasteiger partial charge in [-0.3, -0.25) is 0 Å². The van der Waals surface area contributed by atoms with Crippen molar-refractivity contribution in [2.45, 2.75) is 25.4 Å². The number of nitrogens with zero attached hydrogens (tertiary/aromatic N) is 4. The summed E-state index contributed by atoms with van der Waals surface area (Å²) >= 11 is 5.78. The van der Waals surface area contributed by atoms with Crippen LogP contribution in [0.5, 0.6) is 11.8 Å². The second kappa shape index (κ2) is 8.08. The molecule has 1 unspecified atom stereocenters. The van der Waals surface area contributed by atoms with E-state index >= 15 is 0 Å². The normalized spacial score (nSPS) is 17.0. The molecule has 1 aliphatic heterocycles. The van der Waals surface area contributed by atoms with Gasteiger partial charge in [0.1, 0.15) is 5.75 Å². The number of hydrogen-bond acceptors (Lipinski definition) is 6. The lowest BCUT2D eigenvalue weighted by atomic mass is 9.99. The van der Waals surface area contributed by atoms with Crippen molar-refractivity contribution >= 4 is 22.5 Å². The van der Waals surface area contributed by atoms with Crippen molar-refractivity contribution in [3.8, 4) is 11.8 Å². The van der Waals surface area contributed by atoms with Crippen LogP contribution in [0.25, 0.3) is 10.9 Å². The summed E-state index contributed by atoms with van der Waals surface area (Å²) in [4.78, 5) is 15.5. The molecule has 10 heteroatoms. The van der Waals surface area contributed by atoms with Crippen LogP contribution in [0.2, 0.25) is 5.02 Å². The Morgan fingerprint density at radius 1 is 1.17 bits per heavy atom. The highest BCUT2D eigenvalue weighted by atomic mass is 35.5. The van der Waals surface area contributed by atoms with Crippen molar-refractivity contribution in [3.63, 3.8) is 0 Å². The largest absolute Gasteiger partial charge is 0.451 e. The molecule has 0 saturated carbocycles. The van der Waals surface area contributed by atoms with Gasteiger partial charge in [-0.05, 0) is 37.3 Å². The van der Waals surface area contributed by atoms with E-state index in [1.807, 2.05) is 0 Å². The van der Waals surface area contributed by atoms with Gasteiger partial charge in [0.25, 0.3) is 0 Å². The van der Waals surface area contributed by atoms with Gasteiger partial charge >= 0.3 is 12.2 Å². The number of fused-ring (bicyclic) bond motifs is 1. The van der Waals surface area contributed by atoms with Gasteiger partial charge < -0.3 is 9.47 Å². The van der Waals surface area contributed by atoms with Gasteiger partial charge in [0.15, 0.2) is 0 Å². The minimum Gasteiger partial charge on any atom is -0.424 e. The minimum absolute atomic E-state index is 0.0249. The lowest BCUT2D eigenvalue weighted by Crippen LogP contribution is -2.14. The molecular formula is C19H16ClF3N4O2. The van der Waals surface area contributed by atoms with E-state index in [1.165, 1.54) is 18.5 Å². The minimum atomic E-state index is -4.64. The first-order chi connectivity index (χ1) is 13.9. The van der Waals surface area contributed by atoms with Crippen molar-refractivity contribution in [2.75, 3.05) is 13.2 Å². The molecule has 1 fully saturated rings. The summed E-state index contributed by atoms with van der Waals surface area (Å²) in [5, 5.41) is 0.755. The van der Waals surface area contributed by atoms with Crippen molar-refractivity contribution in [3.05, 3.63) is 47.1 Å². The smallest absolute Gasteiger partial charge is 0.424 e. The number of alkyl halides is 3. The Balaban J connectivity index is 1.75. The zero-order chi connectivity index (χ0) is 20.4. The second-order valence-electron chi connectivity index (χ2n) is 6.70. The molecule has 1 atom stereocenters. The first kappa shape index (κ1) is 19.8. The molecule has 1 saturated heterocycles. The molecule has 1 aromatic carbocycles. The molecule has 0 aliphatic carbocycles. The third kappa shape index (κ3) is 4.56. The van der Waals surface area contributed by atoms with Gasteiger partial charge in [-0.1, -0.05) is 17.7 Å². The highest BCUT2D eigenvalue weighted by molar-refractivity contribution is 6.30. The Kier molecular flexibility index (Phi) is 5.51. The highest BCUT2D eigenvalue weighted by Crippen LogP contribution is 2.35. The molecule has 0 amide bonds. The van der Waals surface area contributed by atoms with Gasteiger partial charge in [-0.2, -0.15) is 13.2 Å². The van der Waals surface area contributed by atoms with E-state index in [0.717, 1.165) is 6.42 Å². The number of aromatic nitrogens is 4. The van der Waals surface area contributed by atoms with Crippen LogP contribution in [0.4, 0.5) is 13.2 Å². The van der Waals surface area contributed by atoms with E-state index in [1.54, 1.807) is 12.1 Å². The Bertz CT molecular complexity index is 1010. The Morgan fingerprint density at radius 3 is 2.66 bits per heavy atom. The van der Waals surface area contributed by atoms with E-state index in [-0.39, 0.29) is 23.0 Å². The summed E-state index contributed by atoms with van der Waals surface area (Å²) in [6.45, 7) is 1.28. The van der Waals surface area contributed by atoms with Crippen LogP contribution in [0.1, 0.15) is 24.4 Å². The predicted octanol–water partition coefficient (Wildman–Crippen LogP) is 4.85. The SMILES string of the molecule is FC(F)(F)c1nc(CCC2CCOC2)c2c(Oc3ncc(Cl)cn3)cccc2n1. The van der Waals surface area contributed by atoms with Crippen LogP contribution in [0.3, 0.4) is 0 Å². The van der Waals surface area contributed by atoms with E-state index in [0.29, 0.717) is 42.4 Å². The fourth-order valence-electron chi connectivity index (χ4n) is 3.22. The average molecular weight is 425 g/mol. The molecule has 0 radical (unpaired) electrons. The van der Waals surface area contributed by atoms with Crippen molar-refractivity contribution in [1.29, 1.82) is 0 Å². The van der Waals surface area contributed by atoms with Crippen molar-refractivity contribution in [2.24, 2.45) is 5.92 Å². The molecule has 0 N–H and O–H groups in total. The van der Waals surface area contributed by atoms with Crippen LogP contribution in [0, 0.1) is 5.92 Å². The number of hydrogen-bond donors (Lipinski definition) is 0. The van der Waals surface area contributed by atoms with E-state index in [4.69, 9.17) is 21.1 Å². The summed E-state index contributed by atoms with van der Waals surface area (Å²) in [6, 6.07) is 4.72. The topological polar surface area (TPSA) is 70.0 Å². The summed E-state index contributed by atoms with van der Waals surface area (Å²) in [5.74, 6) is -0.583. The average Bonchev–Trinajstić information content (AvgIpc) is 3.21. The highest BCUT2D eigenvalue weighted by Gasteiger charge is 2.36. The lowest BCUT2D eigenvalue weighted by molar-refractivity contribution is -0.144. The quantitative estimate of drug-likeness (QED) is 0.583. The van der Waals surface area contributed by atoms with Gasteiger partial charge in [0.05, 0.1) is 34.0 Å². The number of halogens is 4. The molecule has 29 heavy (non-hydrogen) atoms. The lowest BCUT2D eigenvalue weighted by Gasteiger charge is -2.14. The maximum atomic E-state index is 13.3. The molecule has 1 aliphatic rings. The predicted molar refractivity (Wildman–Crippen MR) is 98.9 cm³/mol. The number of benzene rings is 1. The molecule has 6 nitrogen and oxygen atoms in total. The van der Waals surface area contributed by atoms with Gasteiger partial charge in [-0.25, -0.2) is 19.9 Å². The standard InChI is InChI=1S/C19H16ClF3N4O2/c20-12-8-24-18(25-9-12)29-15-3-1-2-13-16(15)14(5-4-11-6-7-28-10-11)27-17(26-13)19(21,22)23/h1-3,8-9,11H,4-7,10H2. The Hall–Kier alpha value is -2.52. The van der Waals surface area contributed by atoms with Crippen LogP contribution in [-0.2, 0) is 17.3 Å². The third-order valence-electron chi connectivity index (χ3n) is 4.62. The molecule has 2 aromatic heterocycles. The summed E-state index contributed by atoms with van der Waals surface area (Å²) in [5.41, 5.74) is 0.426. The van der Waals surface area contributed by atoms with Crippen molar-refractivity contribution in [1.82, 2.24) is 19.9 Å². The molecular weight excluding hydrogens is 409 g/mol. The molecule has 0 bridgehead atoms. The van der Waals surface area contributed by atoms with Gasteiger partial charge in [-0.15, -0.1) is 0 Å². The van der Waals surface area contributed by atoms with E-state index in [9.17, 15) is 13.2 Å². The van der Waals surface area contributed by atoms with Crippen molar-refractivity contribution < 1.29 is 22.6 Å². The molecule has 152 valence electrons. The first-order valence-electron chi connectivity index (χ1n) is 9.00. The number of rotatable bonds is 5. The van der Waals surface area contributed by atoms with E-state index < -0.39 is 12.0 Å². The zero-order valence-corrected chi connectivity index (χ0v) is 15.9. The summed E-state index contributed by atoms with van der Waals surface area (Å²) in [7, 11) is 0. The summed E-state index contributed by atoms with van der Waals surface area (Å²) < 4.78 is 51.0. The monoisotopic (exact) mass is 424 g/mol. The third-order valence-corrected chi connectivity index (χ3v) is 4.82. The molecule has 4 rings (SSSR count). The Morgan fingerprint density at radius 2 is 1.97 bits per heavy atom. The number of ether oxygens (including phenoxy) is 2. The fraction of sp³-hybridized carbons (Fsp3) is 0.368. The molecule has 0 spiro atoms. The zero-order valence-electron chi connectivity index (χ0n) is 15.1. The Labute approximate surface area is 169 Å². The first-order valence-corrected chi connectivity index (χ1v) is 9.38. The second-order valence-corrected chi connectivity index (χ2v) is 7.13. The fourth-order valence-corrected chi connectivity index (χ4v) is 3.32. The van der Waals surface area contributed by atoms with Crippen LogP contribution < -0.4 is 4.74 Å². The number of aryl methyl sites for hydroxylation is 1. The maximum absolute atomic E-state index is 13.3. The van der Waals surface area contributed by atoms with Gasteiger partial charge in [0.2, 0.25) is 5.82 Å². The maximum Gasteiger partial charge on any atom is 0.451 e. The van der Waals surface area contributed by atoms with Crippen LogP contribution >= 0.6 is 11.6 Å². The molecule has 3 heterocycles. The van der Waals surface area contributed by atoms with Gasteiger partial charge in [0, 0.05) is 13.2 Å². The van der Waals surface area contributed by atoms with E-state index in [2.05, 4.69) is 19.9 Å². The summed E-state index contributed by atoms with van der Waals surface area (Å²) in [6.07, 6.45) is -0.0115. The molecule has 3 aromatic rings.